The van der Waals surface area contributed by atoms with E-state index in [1.807, 2.05) is 71.0 Å². The van der Waals surface area contributed by atoms with Crippen LogP contribution in [-0.2, 0) is 14.2 Å². The summed E-state index contributed by atoms with van der Waals surface area (Å²) in [6, 6.07) is 7.23. The average Bonchev–Trinajstić information content (AvgIpc) is 2.51. The van der Waals surface area contributed by atoms with Crippen molar-refractivity contribution in [3.63, 3.8) is 0 Å². The molecule has 0 saturated carbocycles. The van der Waals surface area contributed by atoms with E-state index in [4.69, 9.17) is 25.8 Å². The Bertz CT molecular complexity index is 649. The highest BCUT2D eigenvalue weighted by atomic mass is 35.5. The molecule has 2 rings (SSSR count). The molecule has 1 aliphatic rings. The van der Waals surface area contributed by atoms with Gasteiger partial charge >= 0.3 is 6.09 Å². The molecule has 0 bridgehead atoms. The number of halogens is 1. The largest absolute Gasteiger partial charge is 0.444 e. The van der Waals surface area contributed by atoms with E-state index in [9.17, 15) is 4.79 Å². The van der Waals surface area contributed by atoms with Gasteiger partial charge in [0, 0.05) is 12.1 Å². The monoisotopic (exact) mass is 381 g/mol. The summed E-state index contributed by atoms with van der Waals surface area (Å²) in [5, 5.41) is 0.688. The highest BCUT2D eigenvalue weighted by molar-refractivity contribution is 6.30. The number of nitrogens with zero attached hydrogens (tertiary/aromatic N) is 1. The maximum atomic E-state index is 12.4. The lowest BCUT2D eigenvalue weighted by Gasteiger charge is -2.43. The fourth-order valence-electron chi connectivity index (χ4n) is 2.57. The summed E-state index contributed by atoms with van der Waals surface area (Å²) >= 11 is 5.93. The third-order valence-corrected chi connectivity index (χ3v) is 4.18. The quantitative estimate of drug-likeness (QED) is 0.758. The maximum Gasteiger partial charge on any atom is 0.410 e. The summed E-state index contributed by atoms with van der Waals surface area (Å²) in [6.07, 6.45) is 3.17. The molecule has 1 aliphatic heterocycles. The molecule has 1 amide bonds. The van der Waals surface area contributed by atoms with E-state index in [-0.39, 0.29) is 12.1 Å². The van der Waals surface area contributed by atoms with Crippen LogP contribution in [0.2, 0.25) is 5.02 Å². The van der Waals surface area contributed by atoms with Crippen LogP contribution in [0.5, 0.6) is 0 Å². The van der Waals surface area contributed by atoms with Gasteiger partial charge in [-0.25, -0.2) is 4.79 Å². The van der Waals surface area contributed by atoms with Crippen molar-refractivity contribution in [2.45, 2.75) is 58.2 Å². The Kier molecular flexibility index (Phi) is 6.37. The van der Waals surface area contributed by atoms with E-state index < -0.39 is 17.5 Å². The van der Waals surface area contributed by atoms with Gasteiger partial charge in [-0.3, -0.25) is 0 Å². The third-order valence-electron chi connectivity index (χ3n) is 3.93. The molecular formula is C20H28ClNO4. The van der Waals surface area contributed by atoms with Gasteiger partial charge in [0.25, 0.3) is 0 Å². The van der Waals surface area contributed by atoms with Crippen LogP contribution in [0, 0.1) is 0 Å². The number of hydrogen-bond donors (Lipinski definition) is 0. The molecule has 1 aromatic carbocycles. The fraction of sp³-hybridized carbons (Fsp3) is 0.550. The first-order valence-corrected chi connectivity index (χ1v) is 9.06. The molecule has 6 heteroatoms. The number of ether oxygens (including phenoxy) is 3. The number of amides is 1. The minimum absolute atomic E-state index is 0.290. The van der Waals surface area contributed by atoms with Crippen molar-refractivity contribution in [3.05, 3.63) is 40.9 Å². The molecule has 2 atom stereocenters. The molecule has 1 fully saturated rings. The summed E-state index contributed by atoms with van der Waals surface area (Å²) < 4.78 is 17.3. The van der Waals surface area contributed by atoms with Gasteiger partial charge in [-0.1, -0.05) is 35.9 Å². The zero-order valence-corrected chi connectivity index (χ0v) is 17.0. The van der Waals surface area contributed by atoms with Crippen molar-refractivity contribution >= 4 is 23.8 Å². The molecule has 0 aliphatic carbocycles. The first-order valence-electron chi connectivity index (χ1n) is 8.68. The minimum atomic E-state index is -0.722. The summed E-state index contributed by atoms with van der Waals surface area (Å²) in [5.41, 5.74) is 0.441. The van der Waals surface area contributed by atoms with Gasteiger partial charge < -0.3 is 19.1 Å². The second kappa shape index (κ2) is 7.99. The van der Waals surface area contributed by atoms with Gasteiger partial charge in [0.1, 0.15) is 11.7 Å². The number of hydrogen-bond acceptors (Lipinski definition) is 4. The van der Waals surface area contributed by atoms with Crippen LogP contribution in [0.1, 0.15) is 40.2 Å². The number of likely N-dealkylation sites (N-methyl/N-ethyl adjacent to an activating group) is 1. The van der Waals surface area contributed by atoms with Gasteiger partial charge in [-0.05, 0) is 52.3 Å². The lowest BCUT2D eigenvalue weighted by molar-refractivity contribution is -0.280. The number of carbonyl (C=O) groups is 1. The molecule has 1 aromatic rings. The first-order chi connectivity index (χ1) is 12.0. The molecule has 0 unspecified atom stereocenters. The van der Waals surface area contributed by atoms with E-state index in [1.54, 1.807) is 7.05 Å². The van der Waals surface area contributed by atoms with Crippen LogP contribution in [0.4, 0.5) is 4.79 Å². The van der Waals surface area contributed by atoms with Crippen molar-refractivity contribution < 1.29 is 19.0 Å². The molecule has 1 heterocycles. The van der Waals surface area contributed by atoms with Gasteiger partial charge in [0.15, 0.2) is 5.79 Å². The summed E-state index contributed by atoms with van der Waals surface area (Å²) in [6.45, 7) is 9.60. The summed E-state index contributed by atoms with van der Waals surface area (Å²) in [7, 11) is 1.70. The highest BCUT2D eigenvalue weighted by Crippen LogP contribution is 2.27. The van der Waals surface area contributed by atoms with Gasteiger partial charge in [-0.2, -0.15) is 0 Å². The first kappa shape index (κ1) is 20.7. The maximum absolute atomic E-state index is 12.4. The smallest absolute Gasteiger partial charge is 0.410 e. The molecule has 0 N–H and O–H groups in total. The van der Waals surface area contributed by atoms with E-state index in [2.05, 4.69) is 0 Å². The zero-order chi connectivity index (χ0) is 19.5. The minimum Gasteiger partial charge on any atom is -0.444 e. The molecule has 0 spiro atoms. The van der Waals surface area contributed by atoms with Gasteiger partial charge in [-0.15, -0.1) is 0 Å². The highest BCUT2D eigenvalue weighted by Gasteiger charge is 2.39. The van der Waals surface area contributed by atoms with Crippen LogP contribution in [0.25, 0.3) is 6.08 Å². The predicted molar refractivity (Wildman–Crippen MR) is 103 cm³/mol. The van der Waals surface area contributed by atoms with Crippen LogP contribution >= 0.6 is 11.6 Å². The topological polar surface area (TPSA) is 48.0 Å². The van der Waals surface area contributed by atoms with Crippen molar-refractivity contribution in [2.75, 3.05) is 13.7 Å². The van der Waals surface area contributed by atoms with E-state index in [0.29, 0.717) is 11.6 Å². The van der Waals surface area contributed by atoms with Gasteiger partial charge in [0.05, 0.1) is 12.6 Å². The van der Waals surface area contributed by atoms with E-state index in [0.717, 1.165) is 5.56 Å². The number of carbonyl (C=O) groups excluding carboxylic acids is 1. The molecule has 5 nitrogen and oxygen atoms in total. The lowest BCUT2D eigenvalue weighted by Crippen LogP contribution is -2.56. The van der Waals surface area contributed by atoms with Crippen molar-refractivity contribution in [1.82, 2.24) is 4.90 Å². The van der Waals surface area contributed by atoms with E-state index in [1.165, 1.54) is 4.90 Å². The predicted octanol–water partition coefficient (Wildman–Crippen LogP) is 4.74. The Morgan fingerprint density at radius 2 is 1.92 bits per heavy atom. The second-order valence-corrected chi connectivity index (χ2v) is 8.30. The van der Waals surface area contributed by atoms with Crippen LogP contribution in [0.3, 0.4) is 0 Å². The lowest BCUT2D eigenvalue weighted by atomic mass is 10.1. The van der Waals surface area contributed by atoms with Gasteiger partial charge in [0.2, 0.25) is 0 Å². The molecule has 1 saturated heterocycles. The summed E-state index contributed by atoms with van der Waals surface area (Å²) in [5.74, 6) is -0.722. The van der Waals surface area contributed by atoms with Crippen molar-refractivity contribution in [1.29, 1.82) is 0 Å². The van der Waals surface area contributed by atoms with E-state index >= 15 is 0 Å². The van der Waals surface area contributed by atoms with Crippen molar-refractivity contribution in [2.24, 2.45) is 0 Å². The molecule has 0 radical (unpaired) electrons. The summed E-state index contributed by atoms with van der Waals surface area (Å²) in [4.78, 5) is 14.0. The standard InChI is InChI=1S/C20H28ClNO4/c1-19(2,3)26-18(23)22(6)16-13-24-20(4,5)25-17(16)12-9-14-7-10-15(21)11-8-14/h7-12,16-17H,13H2,1-6H3/b12-9+/t16-,17+/m0/s1. The normalized spacial score (nSPS) is 23.0. The van der Waals surface area contributed by atoms with Crippen LogP contribution < -0.4 is 0 Å². The Hall–Kier alpha value is -1.56. The fourth-order valence-corrected chi connectivity index (χ4v) is 2.70. The van der Waals surface area contributed by atoms with Crippen LogP contribution in [0.15, 0.2) is 30.3 Å². The third kappa shape index (κ3) is 6.01. The average molecular weight is 382 g/mol. The molecule has 0 aromatic heterocycles. The number of benzene rings is 1. The Labute approximate surface area is 160 Å². The Balaban J connectivity index is 2.17. The molecule has 144 valence electrons. The van der Waals surface area contributed by atoms with Crippen LogP contribution in [-0.4, -0.2) is 48.2 Å². The molecule has 26 heavy (non-hydrogen) atoms. The number of rotatable bonds is 3. The zero-order valence-electron chi connectivity index (χ0n) is 16.3. The second-order valence-electron chi connectivity index (χ2n) is 7.86. The SMILES string of the molecule is CN(C(=O)OC(C)(C)C)[C@H]1COC(C)(C)O[C@@H]1/C=C/c1ccc(Cl)cc1. The molecular weight excluding hydrogens is 354 g/mol. The van der Waals surface area contributed by atoms with Crippen molar-refractivity contribution in [3.8, 4) is 0 Å². The Morgan fingerprint density at radius 1 is 1.31 bits per heavy atom. The Morgan fingerprint density at radius 3 is 2.50 bits per heavy atom.